The minimum Gasteiger partial charge on any atom is -0.465 e. The van der Waals surface area contributed by atoms with Gasteiger partial charge in [-0.1, -0.05) is 6.92 Å². The van der Waals surface area contributed by atoms with Crippen molar-refractivity contribution in [2.75, 3.05) is 6.61 Å². The largest absolute Gasteiger partial charge is 0.465 e. The van der Waals surface area contributed by atoms with Gasteiger partial charge in [-0.15, -0.1) is 0 Å². The lowest BCUT2D eigenvalue weighted by molar-refractivity contribution is -0.144. The van der Waals surface area contributed by atoms with E-state index < -0.39 is 6.04 Å². The van der Waals surface area contributed by atoms with E-state index in [1.54, 1.807) is 6.92 Å². The SMILES string of the molecule is CCOC(=O)C(N)CC1CC1C. The summed E-state index contributed by atoms with van der Waals surface area (Å²) in [7, 11) is 0. The third-order valence-corrected chi connectivity index (χ3v) is 2.42. The van der Waals surface area contributed by atoms with Gasteiger partial charge in [0, 0.05) is 0 Å². The Morgan fingerprint density at radius 1 is 1.75 bits per heavy atom. The van der Waals surface area contributed by atoms with Gasteiger partial charge in [0.1, 0.15) is 6.04 Å². The number of carbonyl (C=O) groups is 1. The Balaban J connectivity index is 2.18. The summed E-state index contributed by atoms with van der Waals surface area (Å²) < 4.78 is 4.80. The molecule has 1 saturated carbocycles. The molecule has 3 atom stereocenters. The van der Waals surface area contributed by atoms with Gasteiger partial charge < -0.3 is 10.5 Å². The second kappa shape index (κ2) is 3.90. The third-order valence-electron chi connectivity index (χ3n) is 2.42. The van der Waals surface area contributed by atoms with Crippen LogP contribution in [0.25, 0.3) is 0 Å². The van der Waals surface area contributed by atoms with Crippen LogP contribution in [0.5, 0.6) is 0 Å². The summed E-state index contributed by atoms with van der Waals surface area (Å²) in [4.78, 5) is 11.1. The lowest BCUT2D eigenvalue weighted by Crippen LogP contribution is -2.32. The predicted octanol–water partition coefficient (Wildman–Crippen LogP) is 0.923. The van der Waals surface area contributed by atoms with Gasteiger partial charge >= 0.3 is 5.97 Å². The molecule has 12 heavy (non-hydrogen) atoms. The van der Waals surface area contributed by atoms with Crippen LogP contribution >= 0.6 is 0 Å². The molecule has 1 aliphatic carbocycles. The first-order chi connectivity index (χ1) is 5.65. The molecule has 1 rings (SSSR count). The van der Waals surface area contributed by atoms with Crippen molar-refractivity contribution in [3.63, 3.8) is 0 Å². The first-order valence-corrected chi connectivity index (χ1v) is 4.57. The number of hydrogen-bond donors (Lipinski definition) is 1. The highest BCUT2D eigenvalue weighted by Gasteiger charge is 2.35. The van der Waals surface area contributed by atoms with E-state index >= 15 is 0 Å². The van der Waals surface area contributed by atoms with Crippen LogP contribution in [-0.4, -0.2) is 18.6 Å². The van der Waals surface area contributed by atoms with Crippen LogP contribution in [0.2, 0.25) is 0 Å². The number of ether oxygens (including phenoxy) is 1. The molecular formula is C9H17NO2. The number of hydrogen-bond acceptors (Lipinski definition) is 3. The maximum atomic E-state index is 11.1. The van der Waals surface area contributed by atoms with Crippen molar-refractivity contribution in [1.29, 1.82) is 0 Å². The molecule has 1 fully saturated rings. The minimum atomic E-state index is -0.403. The molecule has 3 heteroatoms. The molecule has 0 aromatic carbocycles. The molecule has 0 heterocycles. The van der Waals surface area contributed by atoms with Gasteiger partial charge in [0.15, 0.2) is 0 Å². The molecule has 0 radical (unpaired) electrons. The maximum absolute atomic E-state index is 11.1. The Morgan fingerprint density at radius 3 is 2.75 bits per heavy atom. The molecule has 3 nitrogen and oxygen atoms in total. The van der Waals surface area contributed by atoms with E-state index in [2.05, 4.69) is 6.92 Å². The van der Waals surface area contributed by atoms with Crippen LogP contribution in [0.3, 0.4) is 0 Å². The molecule has 0 amide bonds. The monoisotopic (exact) mass is 171 g/mol. The molecular weight excluding hydrogens is 154 g/mol. The van der Waals surface area contributed by atoms with Crippen molar-refractivity contribution in [3.05, 3.63) is 0 Å². The zero-order valence-corrected chi connectivity index (χ0v) is 7.75. The van der Waals surface area contributed by atoms with Crippen LogP contribution < -0.4 is 5.73 Å². The van der Waals surface area contributed by atoms with Crippen LogP contribution in [-0.2, 0) is 9.53 Å². The van der Waals surface area contributed by atoms with E-state index in [1.165, 1.54) is 6.42 Å². The van der Waals surface area contributed by atoms with E-state index in [9.17, 15) is 4.79 Å². The summed E-state index contributed by atoms with van der Waals surface area (Å²) in [5.74, 6) is 1.16. The molecule has 70 valence electrons. The average Bonchev–Trinajstić information content (AvgIpc) is 2.67. The fourth-order valence-corrected chi connectivity index (χ4v) is 1.40. The van der Waals surface area contributed by atoms with Gasteiger partial charge in [0.25, 0.3) is 0 Å². The molecule has 0 saturated heterocycles. The minimum absolute atomic E-state index is 0.253. The summed E-state index contributed by atoms with van der Waals surface area (Å²) in [6, 6.07) is -0.403. The second-order valence-corrected chi connectivity index (χ2v) is 3.57. The Morgan fingerprint density at radius 2 is 2.33 bits per heavy atom. The summed E-state index contributed by atoms with van der Waals surface area (Å²) in [5.41, 5.74) is 5.63. The summed E-state index contributed by atoms with van der Waals surface area (Å²) in [5, 5.41) is 0. The normalized spacial score (nSPS) is 29.6. The second-order valence-electron chi connectivity index (χ2n) is 3.57. The highest BCUT2D eigenvalue weighted by Crippen LogP contribution is 2.41. The van der Waals surface area contributed by atoms with Crippen LogP contribution in [0.15, 0.2) is 0 Å². The molecule has 0 bridgehead atoms. The first-order valence-electron chi connectivity index (χ1n) is 4.57. The summed E-state index contributed by atoms with van der Waals surface area (Å²) >= 11 is 0. The van der Waals surface area contributed by atoms with Crippen LogP contribution in [0, 0.1) is 11.8 Å². The van der Waals surface area contributed by atoms with Gasteiger partial charge in [-0.25, -0.2) is 0 Å². The van der Waals surface area contributed by atoms with Crippen LogP contribution in [0.4, 0.5) is 0 Å². The molecule has 1 aliphatic rings. The smallest absolute Gasteiger partial charge is 0.322 e. The van der Waals surface area contributed by atoms with Crippen molar-refractivity contribution < 1.29 is 9.53 Å². The Bertz CT molecular complexity index is 170. The zero-order chi connectivity index (χ0) is 9.14. The lowest BCUT2D eigenvalue weighted by atomic mass is 10.1. The van der Waals surface area contributed by atoms with E-state index in [0.717, 1.165) is 12.3 Å². The van der Waals surface area contributed by atoms with Crippen molar-refractivity contribution in [1.82, 2.24) is 0 Å². The van der Waals surface area contributed by atoms with Crippen molar-refractivity contribution in [2.24, 2.45) is 17.6 Å². The number of nitrogens with two attached hydrogens (primary N) is 1. The van der Waals surface area contributed by atoms with Gasteiger partial charge in [0.2, 0.25) is 0 Å². The number of carbonyl (C=O) groups excluding carboxylic acids is 1. The van der Waals surface area contributed by atoms with Crippen molar-refractivity contribution in [3.8, 4) is 0 Å². The highest BCUT2D eigenvalue weighted by molar-refractivity contribution is 5.75. The summed E-state index contributed by atoms with van der Waals surface area (Å²) in [6.07, 6.45) is 2.01. The maximum Gasteiger partial charge on any atom is 0.322 e. The standard InChI is InChI=1S/C9H17NO2/c1-3-12-9(11)8(10)5-7-4-6(7)2/h6-8H,3-5,10H2,1-2H3. The fraction of sp³-hybridized carbons (Fsp3) is 0.889. The zero-order valence-electron chi connectivity index (χ0n) is 7.75. The number of rotatable bonds is 4. The van der Waals surface area contributed by atoms with Gasteiger partial charge in [0.05, 0.1) is 6.61 Å². The molecule has 0 spiro atoms. The van der Waals surface area contributed by atoms with Gasteiger partial charge in [-0.05, 0) is 31.6 Å². The molecule has 3 unspecified atom stereocenters. The molecule has 0 aromatic heterocycles. The average molecular weight is 171 g/mol. The fourth-order valence-electron chi connectivity index (χ4n) is 1.40. The van der Waals surface area contributed by atoms with Crippen molar-refractivity contribution >= 4 is 5.97 Å². The molecule has 0 aromatic rings. The number of esters is 1. The van der Waals surface area contributed by atoms with Crippen LogP contribution in [0.1, 0.15) is 26.7 Å². The molecule has 0 aliphatic heterocycles. The predicted molar refractivity (Wildman–Crippen MR) is 46.5 cm³/mol. The first kappa shape index (κ1) is 9.52. The van der Waals surface area contributed by atoms with E-state index in [4.69, 9.17) is 10.5 Å². The van der Waals surface area contributed by atoms with Crippen molar-refractivity contribution in [2.45, 2.75) is 32.7 Å². The lowest BCUT2D eigenvalue weighted by Gasteiger charge is -2.09. The Labute approximate surface area is 73.3 Å². The topological polar surface area (TPSA) is 52.3 Å². The van der Waals surface area contributed by atoms with Gasteiger partial charge in [-0.2, -0.15) is 0 Å². The highest BCUT2D eigenvalue weighted by atomic mass is 16.5. The summed E-state index contributed by atoms with van der Waals surface area (Å²) in [6.45, 7) is 4.40. The Kier molecular flexibility index (Phi) is 3.09. The van der Waals surface area contributed by atoms with E-state index in [0.29, 0.717) is 12.5 Å². The van der Waals surface area contributed by atoms with E-state index in [1.807, 2.05) is 0 Å². The quantitative estimate of drug-likeness (QED) is 0.640. The Hall–Kier alpha value is -0.570. The van der Waals surface area contributed by atoms with E-state index in [-0.39, 0.29) is 5.97 Å². The molecule has 2 N–H and O–H groups in total. The third kappa shape index (κ3) is 2.48. The van der Waals surface area contributed by atoms with Gasteiger partial charge in [-0.3, -0.25) is 4.79 Å².